The second-order valence-corrected chi connectivity index (χ2v) is 6.75. The number of hydrogen-bond donors (Lipinski definition) is 2. The normalized spacial score (nSPS) is 11.6. The van der Waals surface area contributed by atoms with E-state index in [1.54, 1.807) is 30.4 Å². The molecule has 6 heteroatoms. The summed E-state index contributed by atoms with van der Waals surface area (Å²) in [5.74, 6) is 0.793. The first-order chi connectivity index (χ1) is 12.7. The molecule has 0 bridgehead atoms. The molecule has 26 heavy (non-hydrogen) atoms. The van der Waals surface area contributed by atoms with Crippen molar-refractivity contribution in [1.82, 2.24) is 15.3 Å². The van der Waals surface area contributed by atoms with Gasteiger partial charge in [0, 0.05) is 30.0 Å². The molecular formula is C20H20N4OS. The lowest BCUT2D eigenvalue weighted by Crippen LogP contribution is -2.31. The average Bonchev–Trinajstić information content (AvgIpc) is 2.68. The number of nitrogens with one attached hydrogen (secondary N) is 2. The topological polar surface area (TPSA) is 66.9 Å². The minimum absolute atomic E-state index is 0.0964. The fourth-order valence-corrected chi connectivity index (χ4v) is 3.23. The molecule has 0 aliphatic rings. The van der Waals surface area contributed by atoms with E-state index in [1.807, 2.05) is 61.5 Å². The van der Waals surface area contributed by atoms with E-state index in [0.717, 1.165) is 27.6 Å². The number of hydrogen-bond acceptors (Lipinski definition) is 4. The molecule has 0 saturated carbocycles. The molecule has 3 rings (SSSR count). The fourth-order valence-electron chi connectivity index (χ4n) is 2.43. The number of pyridine rings is 2. The van der Waals surface area contributed by atoms with Gasteiger partial charge < -0.3 is 10.6 Å². The van der Waals surface area contributed by atoms with Crippen LogP contribution in [0, 0.1) is 0 Å². The highest BCUT2D eigenvalue weighted by atomic mass is 32.2. The van der Waals surface area contributed by atoms with E-state index < -0.39 is 0 Å². The van der Waals surface area contributed by atoms with Crippen molar-refractivity contribution in [2.45, 2.75) is 23.7 Å². The van der Waals surface area contributed by atoms with Crippen molar-refractivity contribution in [2.75, 3.05) is 5.32 Å². The summed E-state index contributed by atoms with van der Waals surface area (Å²) in [6.45, 7) is 1.94. The van der Waals surface area contributed by atoms with Gasteiger partial charge in [0.1, 0.15) is 0 Å². The number of carbonyl (C=O) groups is 1. The predicted octanol–water partition coefficient (Wildman–Crippen LogP) is 4.65. The Kier molecular flexibility index (Phi) is 6.22. The summed E-state index contributed by atoms with van der Waals surface area (Å²) < 4.78 is 0. The number of aromatic nitrogens is 2. The zero-order valence-corrected chi connectivity index (χ0v) is 15.2. The quantitative estimate of drug-likeness (QED) is 0.625. The van der Waals surface area contributed by atoms with E-state index >= 15 is 0 Å². The maximum atomic E-state index is 12.2. The highest BCUT2D eigenvalue weighted by molar-refractivity contribution is 7.98. The lowest BCUT2D eigenvalue weighted by Gasteiger charge is -2.15. The molecule has 5 nitrogen and oxygen atoms in total. The van der Waals surface area contributed by atoms with E-state index in [-0.39, 0.29) is 12.1 Å². The second kappa shape index (κ2) is 9.01. The van der Waals surface area contributed by atoms with Gasteiger partial charge in [-0.05, 0) is 54.4 Å². The summed E-state index contributed by atoms with van der Waals surface area (Å²) in [7, 11) is 0. The molecule has 132 valence electrons. The Labute approximate surface area is 157 Å². The maximum Gasteiger partial charge on any atom is 0.319 e. The number of benzene rings is 1. The van der Waals surface area contributed by atoms with Crippen LogP contribution in [-0.2, 0) is 5.75 Å². The number of anilines is 1. The van der Waals surface area contributed by atoms with Gasteiger partial charge in [-0.2, -0.15) is 0 Å². The van der Waals surface area contributed by atoms with Crippen LogP contribution in [0.5, 0.6) is 0 Å². The van der Waals surface area contributed by atoms with Crippen molar-refractivity contribution in [3.8, 4) is 0 Å². The van der Waals surface area contributed by atoms with Crippen molar-refractivity contribution < 1.29 is 4.79 Å². The number of rotatable bonds is 6. The highest BCUT2D eigenvalue weighted by Gasteiger charge is 2.09. The first-order valence-corrected chi connectivity index (χ1v) is 9.29. The fraction of sp³-hybridized carbons (Fsp3) is 0.150. The third-order valence-electron chi connectivity index (χ3n) is 3.76. The number of thioether (sulfide) groups is 1. The largest absolute Gasteiger partial charge is 0.331 e. The first kappa shape index (κ1) is 17.9. The summed E-state index contributed by atoms with van der Waals surface area (Å²) >= 11 is 1.66. The van der Waals surface area contributed by atoms with E-state index in [2.05, 4.69) is 20.6 Å². The van der Waals surface area contributed by atoms with E-state index in [0.29, 0.717) is 0 Å². The minimum atomic E-state index is -0.233. The van der Waals surface area contributed by atoms with Crippen LogP contribution in [0.15, 0.2) is 78.2 Å². The van der Waals surface area contributed by atoms with Crippen LogP contribution in [0.1, 0.15) is 24.1 Å². The molecule has 2 N–H and O–H groups in total. The Hall–Kier alpha value is -2.86. The van der Waals surface area contributed by atoms with Crippen LogP contribution in [0.3, 0.4) is 0 Å². The third-order valence-corrected chi connectivity index (χ3v) is 4.78. The molecule has 2 amide bonds. The summed E-state index contributed by atoms with van der Waals surface area (Å²) in [5.41, 5.74) is 2.90. The Morgan fingerprint density at radius 3 is 2.69 bits per heavy atom. The third kappa shape index (κ3) is 5.32. The van der Waals surface area contributed by atoms with Crippen molar-refractivity contribution in [3.05, 3.63) is 84.3 Å². The Morgan fingerprint density at radius 2 is 1.92 bits per heavy atom. The van der Waals surface area contributed by atoms with Crippen LogP contribution < -0.4 is 10.6 Å². The summed E-state index contributed by atoms with van der Waals surface area (Å²) in [6.07, 6.45) is 5.22. The van der Waals surface area contributed by atoms with E-state index in [4.69, 9.17) is 0 Å². The molecular weight excluding hydrogens is 344 g/mol. The standard InChI is InChI=1S/C20H20N4OS/c1-15(17-8-11-21-12-9-17)23-20(25)24-18-6-4-5-16(13-18)14-26-19-7-2-3-10-22-19/h2-13,15H,14H2,1H3,(H2,23,24,25). The molecule has 0 saturated heterocycles. The molecule has 0 aliphatic heterocycles. The Bertz CT molecular complexity index is 843. The van der Waals surface area contributed by atoms with Gasteiger partial charge in [0.15, 0.2) is 0 Å². The van der Waals surface area contributed by atoms with Gasteiger partial charge in [-0.3, -0.25) is 4.98 Å². The predicted molar refractivity (Wildman–Crippen MR) is 105 cm³/mol. The maximum absolute atomic E-state index is 12.2. The van der Waals surface area contributed by atoms with Crippen molar-refractivity contribution in [3.63, 3.8) is 0 Å². The van der Waals surface area contributed by atoms with Gasteiger partial charge in [-0.25, -0.2) is 9.78 Å². The van der Waals surface area contributed by atoms with Gasteiger partial charge in [0.2, 0.25) is 0 Å². The molecule has 0 aliphatic carbocycles. The Balaban J connectivity index is 1.55. The minimum Gasteiger partial charge on any atom is -0.331 e. The molecule has 3 aromatic rings. The monoisotopic (exact) mass is 364 g/mol. The van der Waals surface area contributed by atoms with Gasteiger partial charge in [0.05, 0.1) is 11.1 Å². The van der Waals surface area contributed by atoms with Crippen LogP contribution in [-0.4, -0.2) is 16.0 Å². The second-order valence-electron chi connectivity index (χ2n) is 5.76. The molecule has 2 heterocycles. The zero-order chi connectivity index (χ0) is 18.2. The van der Waals surface area contributed by atoms with Gasteiger partial charge in [0.25, 0.3) is 0 Å². The summed E-state index contributed by atoms with van der Waals surface area (Å²) in [6, 6.07) is 17.2. The summed E-state index contributed by atoms with van der Waals surface area (Å²) in [4.78, 5) is 20.5. The number of nitrogens with zero attached hydrogens (tertiary/aromatic N) is 2. The molecule has 1 atom stereocenters. The van der Waals surface area contributed by atoms with E-state index in [9.17, 15) is 4.79 Å². The van der Waals surface area contributed by atoms with Crippen LogP contribution >= 0.6 is 11.8 Å². The van der Waals surface area contributed by atoms with Crippen LogP contribution in [0.25, 0.3) is 0 Å². The smallest absolute Gasteiger partial charge is 0.319 e. The molecule has 0 radical (unpaired) electrons. The van der Waals surface area contributed by atoms with Crippen LogP contribution in [0.4, 0.5) is 10.5 Å². The molecule has 0 fully saturated rings. The molecule has 1 unspecified atom stereocenters. The van der Waals surface area contributed by atoms with E-state index in [1.165, 1.54) is 0 Å². The number of carbonyl (C=O) groups excluding carboxylic acids is 1. The molecule has 0 spiro atoms. The zero-order valence-electron chi connectivity index (χ0n) is 14.4. The van der Waals surface area contributed by atoms with Gasteiger partial charge in [-0.15, -0.1) is 11.8 Å². The molecule has 2 aromatic heterocycles. The average molecular weight is 364 g/mol. The molecule has 1 aromatic carbocycles. The van der Waals surface area contributed by atoms with Crippen molar-refractivity contribution >= 4 is 23.5 Å². The SMILES string of the molecule is CC(NC(=O)Nc1cccc(CSc2ccccn2)c1)c1ccncc1. The van der Waals surface area contributed by atoms with Crippen molar-refractivity contribution in [2.24, 2.45) is 0 Å². The van der Waals surface area contributed by atoms with Crippen LogP contribution in [0.2, 0.25) is 0 Å². The first-order valence-electron chi connectivity index (χ1n) is 8.31. The lowest BCUT2D eigenvalue weighted by molar-refractivity contribution is 0.249. The van der Waals surface area contributed by atoms with Gasteiger partial charge >= 0.3 is 6.03 Å². The number of urea groups is 1. The highest BCUT2D eigenvalue weighted by Crippen LogP contribution is 2.22. The van der Waals surface area contributed by atoms with Gasteiger partial charge in [-0.1, -0.05) is 18.2 Å². The lowest BCUT2D eigenvalue weighted by atomic mass is 10.1. The summed E-state index contributed by atoms with van der Waals surface area (Å²) in [5, 5.41) is 6.80. The number of amides is 2. The Morgan fingerprint density at radius 1 is 1.08 bits per heavy atom. The van der Waals surface area contributed by atoms with Crippen molar-refractivity contribution in [1.29, 1.82) is 0 Å².